The van der Waals surface area contributed by atoms with Crippen LogP contribution in [0.2, 0.25) is 0 Å². The van der Waals surface area contributed by atoms with E-state index in [1.807, 2.05) is 30.3 Å². The molecule has 2 N–H and O–H groups in total. The van der Waals surface area contributed by atoms with Gasteiger partial charge in [0.1, 0.15) is 23.3 Å². The van der Waals surface area contributed by atoms with Gasteiger partial charge in [-0.05, 0) is 90.4 Å². The number of rotatable bonds is 8. The first-order chi connectivity index (χ1) is 27.3. The number of nitrogens with zero attached hydrogens (tertiary/aromatic N) is 4. The van der Waals surface area contributed by atoms with Gasteiger partial charge >= 0.3 is 0 Å². The van der Waals surface area contributed by atoms with Gasteiger partial charge in [0.2, 0.25) is 11.8 Å². The third kappa shape index (κ3) is 7.04. The van der Waals surface area contributed by atoms with Gasteiger partial charge in [0.15, 0.2) is 0 Å². The number of hydrogen-bond donors (Lipinski definition) is 2. The molecule has 3 fully saturated rings. The Labute approximate surface area is 327 Å². The van der Waals surface area contributed by atoms with Gasteiger partial charge < -0.3 is 29.3 Å². The SMILES string of the molecule is COc1cccc([C@H]2COc3cc(O)ccc3C2c2ccc(N3CCC(CN4CCN(c5ccc6c(c5)CN([C@H]5CCC(=O)NC5=O)C6=O)CC4)CC3)cc2)c1. The topological polar surface area (TPSA) is 115 Å². The zero-order valence-corrected chi connectivity index (χ0v) is 31.9. The molecule has 0 aliphatic carbocycles. The fourth-order valence-corrected chi connectivity index (χ4v) is 9.55. The Morgan fingerprint density at radius 3 is 2.34 bits per heavy atom. The quantitative estimate of drug-likeness (QED) is 0.225. The number of benzene rings is 4. The summed E-state index contributed by atoms with van der Waals surface area (Å²) in [7, 11) is 1.69. The lowest BCUT2D eigenvalue weighted by molar-refractivity contribution is -0.136. The number of fused-ring (bicyclic) bond motifs is 2. The molecule has 3 atom stereocenters. The molecular weight excluding hydrogens is 707 g/mol. The number of piperazine rings is 1. The molecule has 0 spiro atoms. The Morgan fingerprint density at radius 2 is 1.57 bits per heavy atom. The summed E-state index contributed by atoms with van der Waals surface area (Å²) in [4.78, 5) is 46.4. The van der Waals surface area contributed by atoms with Crippen LogP contribution in [0.3, 0.4) is 0 Å². The Hall–Kier alpha value is -5.55. The predicted molar refractivity (Wildman–Crippen MR) is 214 cm³/mol. The molecule has 9 rings (SSSR count). The minimum absolute atomic E-state index is 0.0777. The fourth-order valence-electron chi connectivity index (χ4n) is 9.55. The second-order valence-corrected chi connectivity index (χ2v) is 15.9. The van der Waals surface area contributed by atoms with Gasteiger partial charge in [0, 0.05) is 99.2 Å². The zero-order valence-electron chi connectivity index (χ0n) is 31.9. The van der Waals surface area contributed by atoms with Gasteiger partial charge in [-0.2, -0.15) is 0 Å². The molecule has 3 amide bonds. The summed E-state index contributed by atoms with van der Waals surface area (Å²) in [6.45, 7) is 8.00. The maximum absolute atomic E-state index is 13.2. The maximum Gasteiger partial charge on any atom is 0.255 e. The van der Waals surface area contributed by atoms with Gasteiger partial charge in [0.05, 0.1) is 13.7 Å². The normalized spacial score (nSPS) is 23.1. The smallest absolute Gasteiger partial charge is 0.255 e. The molecule has 11 heteroatoms. The molecule has 290 valence electrons. The lowest BCUT2D eigenvalue weighted by atomic mass is 9.76. The van der Waals surface area contributed by atoms with Crippen molar-refractivity contribution in [3.8, 4) is 17.2 Å². The molecule has 5 heterocycles. The number of methoxy groups -OCH3 is 1. The van der Waals surface area contributed by atoms with Crippen molar-refractivity contribution in [3.05, 3.63) is 113 Å². The standard InChI is InChI=1S/C45H49N5O6/c1-55-36-4-2-3-31(24-36)39-28-56-41-25-35(51)10-12-38(41)43(39)30-5-7-33(8-6-30)48-17-15-29(16-18-48)26-47-19-21-49(22-20-47)34-9-11-37-32(23-34)27-50(45(37)54)40-13-14-42(52)46-44(40)53/h2-12,23-25,29,39-40,43,51H,13-22,26-28H2,1H3,(H,46,52,53)/t39-,40+,43?/m1/s1. The van der Waals surface area contributed by atoms with E-state index in [9.17, 15) is 19.5 Å². The van der Waals surface area contributed by atoms with Gasteiger partial charge in [-0.3, -0.25) is 24.6 Å². The third-order valence-corrected chi connectivity index (χ3v) is 12.7. The van der Waals surface area contributed by atoms with Crippen LogP contribution in [0, 0.1) is 5.92 Å². The summed E-state index contributed by atoms with van der Waals surface area (Å²) in [6.07, 6.45) is 2.96. The van der Waals surface area contributed by atoms with E-state index >= 15 is 0 Å². The number of anilines is 2. The van der Waals surface area contributed by atoms with E-state index < -0.39 is 6.04 Å². The van der Waals surface area contributed by atoms with Crippen molar-refractivity contribution in [2.24, 2.45) is 5.92 Å². The van der Waals surface area contributed by atoms with Crippen molar-refractivity contribution < 1.29 is 29.0 Å². The minimum Gasteiger partial charge on any atom is -0.508 e. The van der Waals surface area contributed by atoms with E-state index in [-0.39, 0.29) is 41.7 Å². The monoisotopic (exact) mass is 755 g/mol. The Kier molecular flexibility index (Phi) is 9.79. The Bertz CT molecular complexity index is 2120. The molecule has 3 saturated heterocycles. The molecule has 4 aromatic rings. The predicted octanol–water partition coefficient (Wildman–Crippen LogP) is 5.51. The molecule has 0 aromatic heterocycles. The Balaban J connectivity index is 0.787. The van der Waals surface area contributed by atoms with E-state index in [0.717, 1.165) is 74.1 Å². The van der Waals surface area contributed by atoms with Crippen LogP contribution in [0.1, 0.15) is 70.1 Å². The minimum atomic E-state index is -0.593. The summed E-state index contributed by atoms with van der Waals surface area (Å²) in [5.41, 5.74) is 7.47. The van der Waals surface area contributed by atoms with Crippen molar-refractivity contribution in [3.63, 3.8) is 0 Å². The molecule has 11 nitrogen and oxygen atoms in total. The number of imide groups is 1. The molecule has 1 unspecified atom stereocenters. The van der Waals surface area contributed by atoms with Crippen molar-refractivity contribution in [2.45, 2.75) is 50.1 Å². The molecular formula is C45H49N5O6. The van der Waals surface area contributed by atoms with Crippen molar-refractivity contribution >= 4 is 29.1 Å². The number of phenolic OH excluding ortho intramolecular Hbond substituents is 1. The van der Waals surface area contributed by atoms with Crippen LogP contribution in [0.5, 0.6) is 17.2 Å². The highest BCUT2D eigenvalue weighted by molar-refractivity contribution is 6.05. The highest BCUT2D eigenvalue weighted by Crippen LogP contribution is 2.47. The largest absolute Gasteiger partial charge is 0.508 e. The number of amides is 3. The molecule has 56 heavy (non-hydrogen) atoms. The summed E-state index contributed by atoms with van der Waals surface area (Å²) < 4.78 is 11.8. The van der Waals surface area contributed by atoms with Gasteiger partial charge in [-0.25, -0.2) is 0 Å². The second-order valence-electron chi connectivity index (χ2n) is 15.9. The van der Waals surface area contributed by atoms with Gasteiger partial charge in [0.25, 0.3) is 5.91 Å². The highest BCUT2D eigenvalue weighted by atomic mass is 16.5. The molecule has 0 bridgehead atoms. The van der Waals surface area contributed by atoms with Crippen LogP contribution in [-0.2, 0) is 16.1 Å². The van der Waals surface area contributed by atoms with Crippen LogP contribution in [0.4, 0.5) is 11.4 Å². The number of nitrogens with one attached hydrogen (secondary N) is 1. The van der Waals surface area contributed by atoms with E-state index in [4.69, 9.17) is 9.47 Å². The van der Waals surface area contributed by atoms with E-state index in [1.54, 1.807) is 24.1 Å². The summed E-state index contributed by atoms with van der Waals surface area (Å²) >= 11 is 0. The second kappa shape index (κ2) is 15.2. The zero-order chi connectivity index (χ0) is 38.3. The van der Waals surface area contributed by atoms with E-state index in [2.05, 4.69) is 62.5 Å². The molecule has 5 aliphatic rings. The maximum atomic E-state index is 13.2. The summed E-state index contributed by atoms with van der Waals surface area (Å²) in [5.74, 6) is 1.85. The first kappa shape index (κ1) is 36.1. The number of hydrogen-bond acceptors (Lipinski definition) is 9. The van der Waals surface area contributed by atoms with Crippen molar-refractivity contribution in [1.82, 2.24) is 15.1 Å². The molecule has 0 radical (unpaired) electrons. The summed E-state index contributed by atoms with van der Waals surface area (Å²) in [5, 5.41) is 12.6. The lowest BCUT2D eigenvalue weighted by Crippen LogP contribution is -2.52. The van der Waals surface area contributed by atoms with Crippen LogP contribution in [-0.4, -0.2) is 98.2 Å². The van der Waals surface area contributed by atoms with Crippen LogP contribution < -0.4 is 24.6 Å². The number of aromatic hydroxyl groups is 1. The van der Waals surface area contributed by atoms with Gasteiger partial charge in [-0.1, -0.05) is 30.3 Å². The van der Waals surface area contributed by atoms with Crippen LogP contribution in [0.15, 0.2) is 84.9 Å². The number of phenols is 1. The van der Waals surface area contributed by atoms with Crippen molar-refractivity contribution in [2.75, 3.05) is 69.3 Å². The Morgan fingerprint density at radius 1 is 0.804 bits per heavy atom. The third-order valence-electron chi connectivity index (χ3n) is 12.7. The number of carbonyl (C=O) groups excluding carboxylic acids is 3. The van der Waals surface area contributed by atoms with Crippen LogP contribution >= 0.6 is 0 Å². The van der Waals surface area contributed by atoms with E-state index in [0.29, 0.717) is 31.1 Å². The molecule has 0 saturated carbocycles. The average molecular weight is 756 g/mol. The molecule has 4 aromatic carbocycles. The lowest BCUT2D eigenvalue weighted by Gasteiger charge is -2.40. The number of ether oxygens (including phenoxy) is 2. The first-order valence-corrected chi connectivity index (χ1v) is 20.0. The fraction of sp³-hybridized carbons (Fsp3) is 0.400. The van der Waals surface area contributed by atoms with Crippen LogP contribution in [0.25, 0.3) is 0 Å². The molecule has 5 aliphatic heterocycles. The summed E-state index contributed by atoms with van der Waals surface area (Å²) in [6, 6.07) is 28.3. The van der Waals surface area contributed by atoms with Gasteiger partial charge in [-0.15, -0.1) is 0 Å². The number of carbonyl (C=O) groups is 3. The van der Waals surface area contributed by atoms with Crippen molar-refractivity contribution in [1.29, 1.82) is 0 Å². The highest BCUT2D eigenvalue weighted by Gasteiger charge is 2.39. The average Bonchev–Trinajstić information content (AvgIpc) is 3.55. The first-order valence-electron chi connectivity index (χ1n) is 20.0. The van der Waals surface area contributed by atoms with E-state index in [1.165, 1.54) is 29.7 Å². The number of piperidine rings is 2.